The van der Waals surface area contributed by atoms with Crippen LogP contribution in [-0.4, -0.2) is 23.3 Å². The number of carboxylic acids is 1. The van der Waals surface area contributed by atoms with Gasteiger partial charge in [-0.1, -0.05) is 32.1 Å². The zero-order chi connectivity index (χ0) is 11.8. The van der Waals surface area contributed by atoms with Crippen LogP contribution in [0.3, 0.4) is 0 Å². The quantitative estimate of drug-likeness (QED) is 0.415. The van der Waals surface area contributed by atoms with Crippen molar-refractivity contribution in [3.8, 4) is 0 Å². The van der Waals surface area contributed by atoms with Crippen molar-refractivity contribution in [3.63, 3.8) is 0 Å². The number of aliphatic carboxylic acids is 1. The highest BCUT2D eigenvalue weighted by molar-refractivity contribution is 6.34. The number of hydrazone groups is 1. The summed E-state index contributed by atoms with van der Waals surface area (Å²) in [6.45, 7) is 2.28. The minimum atomic E-state index is -0.959. The van der Waals surface area contributed by atoms with Gasteiger partial charge in [0.05, 0.1) is 0 Å². The zero-order valence-electron chi connectivity index (χ0n) is 10.0. The molecule has 2 N–H and O–H groups in total. The Balaban J connectivity index is 2.03. The summed E-state index contributed by atoms with van der Waals surface area (Å²) in [5, 5.41) is 12.3. The Bertz CT molecular complexity index is 245. The van der Waals surface area contributed by atoms with Crippen LogP contribution in [0.2, 0.25) is 0 Å². The summed E-state index contributed by atoms with van der Waals surface area (Å²) in [6, 6.07) is 0. The van der Waals surface area contributed by atoms with E-state index in [1.165, 1.54) is 45.4 Å². The van der Waals surface area contributed by atoms with Gasteiger partial charge in [-0.25, -0.2) is 4.79 Å². The Morgan fingerprint density at radius 3 is 2.69 bits per heavy atom. The molecule has 4 heteroatoms. The van der Waals surface area contributed by atoms with E-state index < -0.39 is 5.97 Å². The van der Waals surface area contributed by atoms with Crippen molar-refractivity contribution in [1.29, 1.82) is 0 Å². The number of hydrogen-bond acceptors (Lipinski definition) is 3. The second-order valence-electron chi connectivity index (χ2n) is 4.56. The standard InChI is InChI=1S/C12H22N2O2/c1-10(12(15)16)14-13-9-5-8-11-6-3-2-4-7-11/h11,13H,2-9H2,1H3,(H,15,16)/b14-10+. The third-order valence-electron chi connectivity index (χ3n) is 3.18. The minimum absolute atomic E-state index is 0.123. The van der Waals surface area contributed by atoms with E-state index in [1.54, 1.807) is 0 Å². The minimum Gasteiger partial charge on any atom is -0.477 e. The highest BCUT2D eigenvalue weighted by Gasteiger charge is 2.12. The lowest BCUT2D eigenvalue weighted by atomic mass is 9.86. The average Bonchev–Trinajstić information content (AvgIpc) is 2.29. The number of carboxylic acid groups (broad SMARTS) is 1. The lowest BCUT2D eigenvalue weighted by Crippen LogP contribution is -2.17. The fourth-order valence-electron chi connectivity index (χ4n) is 2.17. The number of nitrogens with zero attached hydrogens (tertiary/aromatic N) is 1. The van der Waals surface area contributed by atoms with E-state index in [-0.39, 0.29) is 5.71 Å². The molecule has 4 nitrogen and oxygen atoms in total. The van der Waals surface area contributed by atoms with Gasteiger partial charge < -0.3 is 10.5 Å². The van der Waals surface area contributed by atoms with Crippen molar-refractivity contribution < 1.29 is 9.90 Å². The lowest BCUT2D eigenvalue weighted by Gasteiger charge is -2.21. The monoisotopic (exact) mass is 226 g/mol. The van der Waals surface area contributed by atoms with Crippen LogP contribution < -0.4 is 5.43 Å². The van der Waals surface area contributed by atoms with Crippen LogP contribution in [0.15, 0.2) is 5.10 Å². The number of carbonyl (C=O) groups is 1. The van der Waals surface area contributed by atoms with Crippen molar-refractivity contribution in [2.24, 2.45) is 11.0 Å². The summed E-state index contributed by atoms with van der Waals surface area (Å²) in [5.74, 6) is -0.0696. The maximum atomic E-state index is 10.4. The molecule has 0 spiro atoms. The molecule has 1 rings (SSSR count). The molecule has 92 valence electrons. The molecule has 0 atom stereocenters. The van der Waals surface area contributed by atoms with Gasteiger partial charge in [0.1, 0.15) is 5.71 Å². The van der Waals surface area contributed by atoms with Gasteiger partial charge in [-0.05, 0) is 25.7 Å². The van der Waals surface area contributed by atoms with Crippen LogP contribution in [-0.2, 0) is 4.79 Å². The van der Waals surface area contributed by atoms with Crippen molar-refractivity contribution in [1.82, 2.24) is 5.43 Å². The Morgan fingerprint density at radius 1 is 1.38 bits per heavy atom. The molecule has 0 aromatic carbocycles. The van der Waals surface area contributed by atoms with Crippen LogP contribution in [0, 0.1) is 5.92 Å². The van der Waals surface area contributed by atoms with E-state index in [2.05, 4.69) is 10.5 Å². The first-order valence-electron chi connectivity index (χ1n) is 6.20. The van der Waals surface area contributed by atoms with Crippen LogP contribution in [0.5, 0.6) is 0 Å². The van der Waals surface area contributed by atoms with E-state index in [4.69, 9.17) is 5.11 Å². The van der Waals surface area contributed by atoms with Gasteiger partial charge in [0.2, 0.25) is 0 Å². The molecule has 1 saturated carbocycles. The zero-order valence-corrected chi connectivity index (χ0v) is 10.0. The highest BCUT2D eigenvalue weighted by atomic mass is 16.4. The molecule has 0 aromatic heterocycles. The smallest absolute Gasteiger partial charge is 0.351 e. The van der Waals surface area contributed by atoms with E-state index >= 15 is 0 Å². The van der Waals surface area contributed by atoms with Gasteiger partial charge in [-0.15, -0.1) is 0 Å². The summed E-state index contributed by atoms with van der Waals surface area (Å²) in [4.78, 5) is 10.4. The highest BCUT2D eigenvalue weighted by Crippen LogP contribution is 2.26. The maximum absolute atomic E-state index is 10.4. The summed E-state index contributed by atoms with van der Waals surface area (Å²) in [6.07, 6.45) is 9.24. The Kier molecular flexibility index (Phi) is 5.90. The summed E-state index contributed by atoms with van der Waals surface area (Å²) < 4.78 is 0. The molecule has 16 heavy (non-hydrogen) atoms. The fourth-order valence-corrected chi connectivity index (χ4v) is 2.17. The van der Waals surface area contributed by atoms with Gasteiger partial charge in [0.25, 0.3) is 0 Å². The van der Waals surface area contributed by atoms with Gasteiger partial charge >= 0.3 is 5.97 Å². The van der Waals surface area contributed by atoms with Crippen LogP contribution in [0.25, 0.3) is 0 Å². The number of rotatable bonds is 6. The molecule has 1 aliphatic rings. The van der Waals surface area contributed by atoms with E-state index in [9.17, 15) is 4.79 Å². The van der Waals surface area contributed by atoms with E-state index in [0.717, 1.165) is 18.9 Å². The van der Waals surface area contributed by atoms with E-state index in [1.807, 2.05) is 0 Å². The average molecular weight is 226 g/mol. The van der Waals surface area contributed by atoms with Gasteiger partial charge in [-0.3, -0.25) is 0 Å². The molecule has 0 aliphatic heterocycles. The van der Waals surface area contributed by atoms with E-state index in [0.29, 0.717) is 0 Å². The summed E-state index contributed by atoms with van der Waals surface area (Å²) in [5.41, 5.74) is 2.94. The predicted octanol–water partition coefficient (Wildman–Crippen LogP) is 2.40. The van der Waals surface area contributed by atoms with Crippen molar-refractivity contribution in [3.05, 3.63) is 0 Å². The molecule has 1 aliphatic carbocycles. The Morgan fingerprint density at radius 2 is 2.06 bits per heavy atom. The first kappa shape index (κ1) is 13.0. The molecule has 0 saturated heterocycles. The summed E-state index contributed by atoms with van der Waals surface area (Å²) >= 11 is 0. The van der Waals surface area contributed by atoms with Crippen LogP contribution in [0.4, 0.5) is 0 Å². The fraction of sp³-hybridized carbons (Fsp3) is 0.833. The molecule has 0 radical (unpaired) electrons. The third kappa shape index (κ3) is 5.14. The molecular formula is C12H22N2O2. The molecule has 0 heterocycles. The molecule has 0 bridgehead atoms. The molecule has 1 fully saturated rings. The largest absolute Gasteiger partial charge is 0.477 e. The predicted molar refractivity (Wildman–Crippen MR) is 64.6 cm³/mol. The second-order valence-corrected chi connectivity index (χ2v) is 4.56. The molecule has 0 aromatic rings. The topological polar surface area (TPSA) is 61.7 Å². The summed E-state index contributed by atoms with van der Waals surface area (Å²) in [7, 11) is 0. The first-order valence-corrected chi connectivity index (χ1v) is 6.20. The second kappa shape index (κ2) is 7.25. The SMILES string of the molecule is C/C(=N\NCCCC1CCCCC1)C(=O)O. The van der Waals surface area contributed by atoms with Crippen molar-refractivity contribution >= 4 is 11.7 Å². The van der Waals surface area contributed by atoms with Gasteiger partial charge in [-0.2, -0.15) is 5.10 Å². The van der Waals surface area contributed by atoms with Crippen LogP contribution in [0.1, 0.15) is 51.9 Å². The van der Waals surface area contributed by atoms with Gasteiger partial charge in [0, 0.05) is 6.54 Å². The first-order chi connectivity index (χ1) is 7.70. The molecule has 0 amide bonds. The normalized spacial score (nSPS) is 18.4. The number of nitrogens with one attached hydrogen (secondary N) is 1. The van der Waals surface area contributed by atoms with Crippen molar-refractivity contribution in [2.45, 2.75) is 51.9 Å². The maximum Gasteiger partial charge on any atom is 0.351 e. The van der Waals surface area contributed by atoms with Crippen molar-refractivity contribution in [2.75, 3.05) is 6.54 Å². The van der Waals surface area contributed by atoms with Crippen LogP contribution >= 0.6 is 0 Å². The Hall–Kier alpha value is -1.06. The lowest BCUT2D eigenvalue weighted by molar-refractivity contribution is -0.129. The Labute approximate surface area is 97.1 Å². The molecular weight excluding hydrogens is 204 g/mol. The number of hydrogen-bond donors (Lipinski definition) is 2. The van der Waals surface area contributed by atoms with Gasteiger partial charge in [0.15, 0.2) is 0 Å². The molecule has 0 unspecified atom stereocenters. The third-order valence-corrected chi connectivity index (χ3v) is 3.18.